The van der Waals surface area contributed by atoms with Crippen LogP contribution in [0.2, 0.25) is 0 Å². The van der Waals surface area contributed by atoms with Crippen molar-refractivity contribution < 1.29 is 24.9 Å². The fourth-order valence-corrected chi connectivity index (χ4v) is 3.99. The zero-order chi connectivity index (χ0) is 23.0. The minimum absolute atomic E-state index is 0.134. The molecule has 0 fully saturated rings. The second-order valence-corrected chi connectivity index (χ2v) is 9.10. The van der Waals surface area contributed by atoms with E-state index in [0.29, 0.717) is 25.9 Å². The molecule has 0 radical (unpaired) electrons. The van der Waals surface area contributed by atoms with E-state index >= 15 is 0 Å². The van der Waals surface area contributed by atoms with Crippen molar-refractivity contribution in [3.8, 4) is 0 Å². The van der Waals surface area contributed by atoms with Crippen LogP contribution in [0.1, 0.15) is 135 Å². The quantitative estimate of drug-likeness (QED) is 0.138. The molecule has 0 rings (SSSR count). The summed E-state index contributed by atoms with van der Waals surface area (Å²) in [6.07, 6.45) is 22.0. The molecule has 3 N–H and O–H groups in total. The zero-order valence-corrected chi connectivity index (χ0v) is 20.4. The van der Waals surface area contributed by atoms with Gasteiger partial charge in [0.2, 0.25) is 0 Å². The second-order valence-electron chi connectivity index (χ2n) is 9.10. The lowest BCUT2D eigenvalue weighted by Crippen LogP contribution is -2.32. The normalized spacial score (nSPS) is 13.4. The van der Waals surface area contributed by atoms with Gasteiger partial charge in [-0.15, -0.1) is 0 Å². The van der Waals surface area contributed by atoms with Crippen LogP contribution in [0.25, 0.3) is 0 Å². The number of aliphatic hydroxyl groups is 2. The summed E-state index contributed by atoms with van der Waals surface area (Å²) in [6, 6.07) is 0. The molecule has 5 nitrogen and oxygen atoms in total. The minimum Gasteiger partial charge on any atom is -0.481 e. The van der Waals surface area contributed by atoms with Gasteiger partial charge in [-0.05, 0) is 19.3 Å². The van der Waals surface area contributed by atoms with Gasteiger partial charge in [-0.3, -0.25) is 4.79 Å². The summed E-state index contributed by atoms with van der Waals surface area (Å²) in [5, 5.41) is 28.2. The first-order chi connectivity index (χ1) is 15.1. The van der Waals surface area contributed by atoms with Crippen LogP contribution >= 0.6 is 0 Å². The van der Waals surface area contributed by atoms with Gasteiger partial charge in [0.25, 0.3) is 0 Å². The van der Waals surface area contributed by atoms with Crippen molar-refractivity contribution in [3.05, 3.63) is 0 Å². The average Bonchev–Trinajstić information content (AvgIpc) is 2.75. The molecule has 0 aromatic rings. The van der Waals surface area contributed by atoms with Crippen molar-refractivity contribution in [2.24, 2.45) is 0 Å². The number of aliphatic carboxylic acids is 1. The number of unbranched alkanes of at least 4 members (excludes halogenated alkanes) is 16. The summed E-state index contributed by atoms with van der Waals surface area (Å²) in [6.45, 7) is 2.46. The van der Waals surface area contributed by atoms with Crippen LogP contribution in [0.4, 0.5) is 0 Å². The maximum Gasteiger partial charge on any atom is 0.303 e. The molecular formula is C26H52O5. The highest BCUT2D eigenvalue weighted by molar-refractivity contribution is 5.66. The zero-order valence-electron chi connectivity index (χ0n) is 20.4. The van der Waals surface area contributed by atoms with E-state index in [9.17, 15) is 15.0 Å². The standard InChI is InChI=1S/C26H52O5/c1-2-3-4-5-6-7-8-9-10-11-12-13-14-15-16-17-20-24(28)25(23-27)31-22-19-18-21-26(29)30/h24-25,27-28H,2-23H2,1H3,(H,29,30)/t24?,25-/m0/s1. The lowest BCUT2D eigenvalue weighted by atomic mass is 10.0. The first-order valence-corrected chi connectivity index (χ1v) is 13.2. The van der Waals surface area contributed by atoms with Gasteiger partial charge in [0.1, 0.15) is 6.10 Å². The van der Waals surface area contributed by atoms with Crippen molar-refractivity contribution in [1.29, 1.82) is 0 Å². The van der Waals surface area contributed by atoms with E-state index in [1.54, 1.807) is 0 Å². The number of hydrogen-bond donors (Lipinski definition) is 3. The molecule has 0 bridgehead atoms. The summed E-state index contributed by atoms with van der Waals surface area (Å²) in [4.78, 5) is 10.5. The Morgan fingerprint density at radius 3 is 1.58 bits per heavy atom. The Labute approximate surface area is 192 Å². The summed E-state index contributed by atoms with van der Waals surface area (Å²) in [5.74, 6) is -0.803. The molecule has 0 aliphatic carbocycles. The number of carboxylic acids is 1. The number of aliphatic hydroxyl groups excluding tert-OH is 2. The number of hydrogen-bond acceptors (Lipinski definition) is 4. The third-order valence-electron chi connectivity index (χ3n) is 6.08. The Morgan fingerprint density at radius 1 is 0.710 bits per heavy atom. The van der Waals surface area contributed by atoms with Crippen LogP contribution in [0, 0.1) is 0 Å². The molecule has 0 heterocycles. The Morgan fingerprint density at radius 2 is 1.16 bits per heavy atom. The number of ether oxygens (including phenoxy) is 1. The monoisotopic (exact) mass is 444 g/mol. The van der Waals surface area contributed by atoms with Crippen molar-refractivity contribution in [2.45, 2.75) is 148 Å². The SMILES string of the molecule is CCCCCCCCCCCCCCCCCCC(O)[C@H](CO)OCCCCC(=O)O. The van der Waals surface area contributed by atoms with Gasteiger partial charge in [0.05, 0.1) is 12.7 Å². The summed E-state index contributed by atoms with van der Waals surface area (Å²) in [5.41, 5.74) is 0. The minimum atomic E-state index is -0.803. The second kappa shape index (κ2) is 24.0. The molecule has 5 heteroatoms. The lowest BCUT2D eigenvalue weighted by Gasteiger charge is -2.21. The molecule has 0 spiro atoms. The van der Waals surface area contributed by atoms with Crippen LogP contribution in [-0.4, -0.2) is 46.7 Å². The van der Waals surface area contributed by atoms with E-state index < -0.39 is 18.2 Å². The van der Waals surface area contributed by atoms with Crippen molar-refractivity contribution >= 4 is 5.97 Å². The number of rotatable bonds is 25. The Balaban J connectivity index is 3.38. The fourth-order valence-electron chi connectivity index (χ4n) is 3.99. The molecule has 1 unspecified atom stereocenters. The summed E-state index contributed by atoms with van der Waals surface area (Å²) < 4.78 is 5.52. The Bertz CT molecular complexity index is 375. The topological polar surface area (TPSA) is 87.0 Å². The van der Waals surface area contributed by atoms with Gasteiger partial charge in [-0.1, -0.05) is 110 Å². The molecule has 0 aromatic carbocycles. The van der Waals surface area contributed by atoms with Gasteiger partial charge in [0.15, 0.2) is 0 Å². The molecule has 31 heavy (non-hydrogen) atoms. The van der Waals surface area contributed by atoms with Gasteiger partial charge < -0.3 is 20.1 Å². The molecular weight excluding hydrogens is 392 g/mol. The highest BCUT2D eigenvalue weighted by Crippen LogP contribution is 2.15. The third kappa shape index (κ3) is 22.3. The third-order valence-corrected chi connectivity index (χ3v) is 6.08. The smallest absolute Gasteiger partial charge is 0.303 e. The van der Waals surface area contributed by atoms with E-state index in [0.717, 1.165) is 12.8 Å². The van der Waals surface area contributed by atoms with Gasteiger partial charge in [-0.2, -0.15) is 0 Å². The van der Waals surface area contributed by atoms with E-state index in [1.807, 2.05) is 0 Å². The molecule has 2 atom stereocenters. The highest BCUT2D eigenvalue weighted by atomic mass is 16.5. The first kappa shape index (κ1) is 30.4. The predicted molar refractivity (Wildman–Crippen MR) is 128 cm³/mol. The Kier molecular flexibility index (Phi) is 23.5. The van der Waals surface area contributed by atoms with Crippen molar-refractivity contribution in [1.82, 2.24) is 0 Å². The van der Waals surface area contributed by atoms with Crippen LogP contribution in [0.3, 0.4) is 0 Å². The molecule has 0 aliphatic heterocycles. The van der Waals surface area contributed by atoms with Crippen molar-refractivity contribution in [3.63, 3.8) is 0 Å². The van der Waals surface area contributed by atoms with Crippen LogP contribution in [0.5, 0.6) is 0 Å². The maximum absolute atomic E-state index is 10.5. The summed E-state index contributed by atoms with van der Waals surface area (Å²) in [7, 11) is 0. The van der Waals surface area contributed by atoms with Gasteiger partial charge >= 0.3 is 5.97 Å². The number of carboxylic acid groups (broad SMARTS) is 1. The first-order valence-electron chi connectivity index (χ1n) is 13.2. The molecule has 0 saturated carbocycles. The van der Waals surface area contributed by atoms with Gasteiger partial charge in [-0.25, -0.2) is 0 Å². The molecule has 0 saturated heterocycles. The molecule has 0 aromatic heterocycles. The van der Waals surface area contributed by atoms with E-state index in [4.69, 9.17) is 9.84 Å². The van der Waals surface area contributed by atoms with E-state index in [1.165, 1.54) is 89.9 Å². The summed E-state index contributed by atoms with van der Waals surface area (Å²) >= 11 is 0. The van der Waals surface area contributed by atoms with Crippen molar-refractivity contribution in [2.75, 3.05) is 13.2 Å². The molecule has 186 valence electrons. The number of carbonyl (C=O) groups is 1. The highest BCUT2D eigenvalue weighted by Gasteiger charge is 2.18. The van der Waals surface area contributed by atoms with E-state index in [-0.39, 0.29) is 13.0 Å². The van der Waals surface area contributed by atoms with Crippen LogP contribution in [0.15, 0.2) is 0 Å². The average molecular weight is 445 g/mol. The Hall–Kier alpha value is -0.650. The largest absolute Gasteiger partial charge is 0.481 e. The predicted octanol–water partition coefficient (Wildman–Crippen LogP) is 6.63. The van der Waals surface area contributed by atoms with Crippen LogP contribution in [-0.2, 0) is 9.53 Å². The van der Waals surface area contributed by atoms with Gasteiger partial charge in [0, 0.05) is 13.0 Å². The van der Waals surface area contributed by atoms with Crippen LogP contribution < -0.4 is 0 Å². The molecule has 0 aliphatic rings. The van der Waals surface area contributed by atoms with E-state index in [2.05, 4.69) is 6.92 Å². The molecule has 0 amide bonds. The lowest BCUT2D eigenvalue weighted by molar-refractivity contribution is -0.137. The maximum atomic E-state index is 10.5. The fraction of sp³-hybridized carbons (Fsp3) is 0.962.